The highest BCUT2D eigenvalue weighted by Gasteiger charge is 2.27. The fourth-order valence-electron chi connectivity index (χ4n) is 5.09. The summed E-state index contributed by atoms with van der Waals surface area (Å²) < 4.78 is 49.0. The van der Waals surface area contributed by atoms with Crippen LogP contribution in [0.5, 0.6) is 5.88 Å². The summed E-state index contributed by atoms with van der Waals surface area (Å²) in [7, 11) is 0. The number of carbonyl (C=O) groups is 1. The number of aliphatic hydroxyl groups is 1. The molecular formula is C27H26ClF3N6O4. The van der Waals surface area contributed by atoms with Gasteiger partial charge in [-0.2, -0.15) is 0 Å². The molecular weight excluding hydrogens is 565 g/mol. The quantitative estimate of drug-likeness (QED) is 0.301. The highest BCUT2D eigenvalue weighted by molar-refractivity contribution is 6.30. The molecule has 0 saturated heterocycles. The van der Waals surface area contributed by atoms with Crippen LogP contribution in [0.15, 0.2) is 47.7 Å². The third kappa shape index (κ3) is 6.20. The number of aromatic nitrogens is 5. The van der Waals surface area contributed by atoms with Crippen LogP contribution in [-0.4, -0.2) is 54.4 Å². The van der Waals surface area contributed by atoms with E-state index in [1.807, 2.05) is 0 Å². The summed E-state index contributed by atoms with van der Waals surface area (Å²) in [6.07, 6.45) is 3.28. The number of benzene rings is 1. The Kier molecular flexibility index (Phi) is 8.54. The number of hydrogen-bond acceptors (Lipinski definition) is 7. The van der Waals surface area contributed by atoms with Crippen LogP contribution < -0.4 is 15.7 Å². The Labute approximate surface area is 236 Å². The largest absolute Gasteiger partial charge is 0.474 e. The van der Waals surface area contributed by atoms with Gasteiger partial charge in [-0.1, -0.05) is 11.6 Å². The molecule has 10 nitrogen and oxygen atoms in total. The van der Waals surface area contributed by atoms with Gasteiger partial charge >= 0.3 is 5.69 Å². The molecule has 216 valence electrons. The molecule has 1 aliphatic carbocycles. The van der Waals surface area contributed by atoms with Crippen LogP contribution in [-0.2, 0) is 6.54 Å². The zero-order chi connectivity index (χ0) is 29.1. The minimum absolute atomic E-state index is 0.0487. The molecule has 3 heterocycles. The molecule has 1 aromatic carbocycles. The predicted octanol–water partition coefficient (Wildman–Crippen LogP) is 4.07. The standard InChI is InChI=1S/C27H26ClF3N6O4/c28-16-9-19(24(25(30)31)34-11-16)26(39)35-18-4-1-15(2-5-18)14-36-21-10-17(29)3-6-20(21)37(27(36)40)22-12-33-23(13-32-22)41-8-7-38/h3,6,9-13,15,18,25,38H,1-2,4-5,7-8,14H2,(H,35,39). The van der Waals surface area contributed by atoms with E-state index < -0.39 is 29.5 Å². The van der Waals surface area contributed by atoms with Gasteiger partial charge in [0, 0.05) is 18.8 Å². The van der Waals surface area contributed by atoms with E-state index in [2.05, 4.69) is 20.3 Å². The van der Waals surface area contributed by atoms with Crippen molar-refractivity contribution in [1.29, 1.82) is 0 Å². The van der Waals surface area contributed by atoms with E-state index >= 15 is 0 Å². The van der Waals surface area contributed by atoms with Crippen LogP contribution in [0.4, 0.5) is 13.2 Å². The van der Waals surface area contributed by atoms with Crippen molar-refractivity contribution in [3.8, 4) is 11.7 Å². The molecule has 0 atom stereocenters. The average Bonchev–Trinajstić information content (AvgIpc) is 3.23. The van der Waals surface area contributed by atoms with Crippen LogP contribution in [0.1, 0.15) is 48.2 Å². The lowest BCUT2D eigenvalue weighted by Gasteiger charge is -2.29. The van der Waals surface area contributed by atoms with E-state index in [0.29, 0.717) is 43.3 Å². The van der Waals surface area contributed by atoms with Crippen molar-refractivity contribution < 1.29 is 27.8 Å². The summed E-state index contributed by atoms with van der Waals surface area (Å²) >= 11 is 5.87. The summed E-state index contributed by atoms with van der Waals surface area (Å²) in [5.74, 6) is -0.693. The first-order valence-electron chi connectivity index (χ1n) is 13.0. The van der Waals surface area contributed by atoms with Crippen LogP contribution >= 0.6 is 11.6 Å². The molecule has 0 radical (unpaired) electrons. The molecule has 0 spiro atoms. The third-order valence-corrected chi connectivity index (χ3v) is 7.24. The van der Waals surface area contributed by atoms with Crippen molar-refractivity contribution >= 4 is 28.5 Å². The Bertz CT molecular complexity index is 1600. The highest BCUT2D eigenvalue weighted by atomic mass is 35.5. The second-order valence-electron chi connectivity index (χ2n) is 9.72. The number of nitrogens with one attached hydrogen (secondary N) is 1. The van der Waals surface area contributed by atoms with Gasteiger partial charge in [-0.25, -0.2) is 32.5 Å². The number of alkyl halides is 2. The number of hydrogen-bond donors (Lipinski definition) is 2. The van der Waals surface area contributed by atoms with Crippen LogP contribution in [0.2, 0.25) is 5.02 Å². The minimum atomic E-state index is -2.92. The van der Waals surface area contributed by atoms with Gasteiger partial charge in [-0.15, -0.1) is 0 Å². The zero-order valence-corrected chi connectivity index (χ0v) is 22.4. The lowest BCUT2D eigenvalue weighted by atomic mass is 9.85. The fourth-order valence-corrected chi connectivity index (χ4v) is 5.25. The summed E-state index contributed by atoms with van der Waals surface area (Å²) in [5, 5.41) is 11.8. The van der Waals surface area contributed by atoms with Crippen molar-refractivity contribution in [3.63, 3.8) is 0 Å². The number of halogens is 4. The van der Waals surface area contributed by atoms with E-state index in [1.165, 1.54) is 45.8 Å². The lowest BCUT2D eigenvalue weighted by Crippen LogP contribution is -2.39. The molecule has 1 fully saturated rings. The maximum absolute atomic E-state index is 14.2. The van der Waals surface area contributed by atoms with Crippen LogP contribution in [0.25, 0.3) is 16.9 Å². The highest BCUT2D eigenvalue weighted by Crippen LogP contribution is 2.29. The minimum Gasteiger partial charge on any atom is -0.474 e. The Balaban J connectivity index is 1.31. The fraction of sp³-hybridized carbons (Fsp3) is 0.370. The van der Waals surface area contributed by atoms with E-state index in [-0.39, 0.29) is 47.5 Å². The Hall–Kier alpha value is -3.97. The van der Waals surface area contributed by atoms with Gasteiger partial charge in [-0.3, -0.25) is 14.3 Å². The molecule has 0 aliphatic heterocycles. The molecule has 1 saturated carbocycles. The number of imidazole rings is 1. The number of fused-ring (bicyclic) bond motifs is 1. The molecule has 5 rings (SSSR count). The first-order valence-corrected chi connectivity index (χ1v) is 13.3. The number of amides is 1. The maximum atomic E-state index is 14.2. The molecule has 3 aromatic heterocycles. The van der Waals surface area contributed by atoms with Gasteiger partial charge in [0.15, 0.2) is 5.82 Å². The maximum Gasteiger partial charge on any atom is 0.334 e. The molecule has 1 amide bonds. The summed E-state index contributed by atoms with van der Waals surface area (Å²) in [6, 6.07) is 4.99. The number of ether oxygens (including phenoxy) is 1. The van der Waals surface area contributed by atoms with Crippen molar-refractivity contribution in [2.24, 2.45) is 5.92 Å². The second-order valence-corrected chi connectivity index (χ2v) is 10.2. The van der Waals surface area contributed by atoms with E-state index in [0.717, 1.165) is 6.20 Å². The Morgan fingerprint density at radius 3 is 2.56 bits per heavy atom. The van der Waals surface area contributed by atoms with Crippen molar-refractivity contribution in [1.82, 2.24) is 29.4 Å². The van der Waals surface area contributed by atoms with Crippen molar-refractivity contribution in [3.05, 3.63) is 75.4 Å². The predicted molar refractivity (Wildman–Crippen MR) is 143 cm³/mol. The summed E-state index contributed by atoms with van der Waals surface area (Å²) in [4.78, 5) is 38.3. The lowest BCUT2D eigenvalue weighted by molar-refractivity contribution is 0.0904. The number of rotatable bonds is 9. The monoisotopic (exact) mass is 590 g/mol. The first kappa shape index (κ1) is 28.6. The van der Waals surface area contributed by atoms with Crippen LogP contribution in [0.3, 0.4) is 0 Å². The summed E-state index contributed by atoms with van der Waals surface area (Å²) in [6.45, 7) is 0.174. The summed E-state index contributed by atoms with van der Waals surface area (Å²) in [5.41, 5.74) is -0.429. The number of aliphatic hydroxyl groups excluding tert-OH is 1. The zero-order valence-electron chi connectivity index (χ0n) is 21.6. The van der Waals surface area contributed by atoms with Gasteiger partial charge in [-0.05, 0) is 55.9 Å². The average molecular weight is 591 g/mol. The van der Waals surface area contributed by atoms with Crippen molar-refractivity contribution in [2.45, 2.75) is 44.7 Å². The third-order valence-electron chi connectivity index (χ3n) is 7.04. The molecule has 4 aromatic rings. The first-order chi connectivity index (χ1) is 19.7. The smallest absolute Gasteiger partial charge is 0.334 e. The van der Waals surface area contributed by atoms with Gasteiger partial charge < -0.3 is 15.2 Å². The van der Waals surface area contributed by atoms with Gasteiger partial charge in [0.2, 0.25) is 5.88 Å². The molecule has 2 N–H and O–H groups in total. The second kappa shape index (κ2) is 12.3. The number of pyridine rings is 1. The van der Waals surface area contributed by atoms with Crippen LogP contribution in [0, 0.1) is 11.7 Å². The van der Waals surface area contributed by atoms with Crippen molar-refractivity contribution in [2.75, 3.05) is 13.2 Å². The molecule has 0 bridgehead atoms. The normalized spacial score (nSPS) is 17.2. The molecule has 41 heavy (non-hydrogen) atoms. The Morgan fingerprint density at radius 2 is 1.88 bits per heavy atom. The van der Waals surface area contributed by atoms with Gasteiger partial charge in [0.05, 0.1) is 40.6 Å². The van der Waals surface area contributed by atoms with E-state index in [9.17, 15) is 22.8 Å². The Morgan fingerprint density at radius 1 is 1.10 bits per heavy atom. The van der Waals surface area contributed by atoms with Gasteiger partial charge in [0.25, 0.3) is 12.3 Å². The topological polar surface area (TPSA) is 124 Å². The van der Waals surface area contributed by atoms with E-state index in [1.54, 1.807) is 0 Å². The number of nitrogens with zero attached hydrogens (tertiary/aromatic N) is 5. The molecule has 0 unspecified atom stereocenters. The van der Waals surface area contributed by atoms with Gasteiger partial charge in [0.1, 0.15) is 18.1 Å². The molecule has 1 aliphatic rings. The number of carbonyl (C=O) groups excluding carboxylic acids is 1. The van der Waals surface area contributed by atoms with E-state index in [4.69, 9.17) is 21.4 Å². The molecule has 14 heteroatoms. The SMILES string of the molecule is O=C(NC1CCC(Cn2c(=O)n(-c3cnc(OCCO)cn3)c3ccc(F)cc32)CC1)c1cc(Cl)cnc1C(F)F.